The van der Waals surface area contributed by atoms with Crippen LogP contribution in [-0.4, -0.2) is 7.11 Å². The monoisotopic (exact) mass is 360 g/mol. The average molecular weight is 361 g/mol. The van der Waals surface area contributed by atoms with Crippen molar-refractivity contribution in [3.05, 3.63) is 65.2 Å². The molecular formula is C26H32O. The van der Waals surface area contributed by atoms with E-state index in [1.807, 2.05) is 0 Å². The molecule has 0 spiro atoms. The molecule has 27 heavy (non-hydrogen) atoms. The molecule has 0 saturated heterocycles. The van der Waals surface area contributed by atoms with Gasteiger partial charge in [-0.05, 0) is 62.9 Å². The highest BCUT2D eigenvalue weighted by molar-refractivity contribution is 5.92. The van der Waals surface area contributed by atoms with E-state index < -0.39 is 0 Å². The van der Waals surface area contributed by atoms with Gasteiger partial charge in [0, 0.05) is 5.56 Å². The second-order valence-electron chi connectivity index (χ2n) is 8.44. The number of ether oxygens (including phenoxy) is 1. The van der Waals surface area contributed by atoms with Crippen molar-refractivity contribution < 1.29 is 4.74 Å². The molecule has 1 nitrogen and oxygen atoms in total. The number of hydrogen-bond acceptors (Lipinski definition) is 1. The van der Waals surface area contributed by atoms with Gasteiger partial charge in [-0.15, -0.1) is 0 Å². The van der Waals surface area contributed by atoms with E-state index in [2.05, 4.69) is 90.1 Å². The van der Waals surface area contributed by atoms with Gasteiger partial charge in [0.2, 0.25) is 0 Å². The Balaban J connectivity index is 2.40. The van der Waals surface area contributed by atoms with Crippen molar-refractivity contribution in [1.82, 2.24) is 0 Å². The lowest BCUT2D eigenvalue weighted by Gasteiger charge is -2.24. The third-order valence-electron chi connectivity index (χ3n) is 5.47. The fourth-order valence-corrected chi connectivity index (χ4v) is 3.85. The minimum Gasteiger partial charge on any atom is -0.496 e. The average Bonchev–Trinajstić information content (AvgIpc) is 2.65. The zero-order chi connectivity index (χ0) is 19.7. The Kier molecular flexibility index (Phi) is 5.60. The maximum atomic E-state index is 5.86. The number of fused-ring (bicyclic) bond motifs is 1. The van der Waals surface area contributed by atoms with Gasteiger partial charge in [0.05, 0.1) is 7.11 Å². The third-order valence-corrected chi connectivity index (χ3v) is 5.47. The molecule has 0 radical (unpaired) electrons. The lowest BCUT2D eigenvalue weighted by molar-refractivity contribution is 0.417. The summed E-state index contributed by atoms with van der Waals surface area (Å²) >= 11 is 0. The minimum absolute atomic E-state index is 0.451. The van der Waals surface area contributed by atoms with Gasteiger partial charge < -0.3 is 4.74 Å². The first-order chi connectivity index (χ1) is 12.8. The largest absolute Gasteiger partial charge is 0.496 e. The first-order valence-corrected chi connectivity index (χ1v) is 10.1. The lowest BCUT2D eigenvalue weighted by atomic mass is 9.81. The van der Waals surface area contributed by atoms with Crippen molar-refractivity contribution in [3.8, 4) is 16.9 Å². The molecule has 0 unspecified atom stereocenters. The topological polar surface area (TPSA) is 9.23 Å². The van der Waals surface area contributed by atoms with E-state index in [1.54, 1.807) is 7.11 Å². The van der Waals surface area contributed by atoms with Gasteiger partial charge in [-0.3, -0.25) is 0 Å². The molecule has 3 aromatic carbocycles. The van der Waals surface area contributed by atoms with E-state index in [9.17, 15) is 0 Å². The Hall–Kier alpha value is -2.28. The van der Waals surface area contributed by atoms with Crippen LogP contribution in [0.1, 0.15) is 76.0 Å². The van der Waals surface area contributed by atoms with Crippen LogP contribution >= 0.6 is 0 Å². The smallest absolute Gasteiger partial charge is 0.127 e. The normalized spacial score (nSPS) is 11.8. The predicted octanol–water partition coefficient (Wildman–Crippen LogP) is 7.89. The molecule has 0 fully saturated rings. The standard InChI is InChI=1S/C26H32O/c1-16(2)21-13-22(17(3)4)26(23(14-21)18(5)6)24-12-19-10-8-9-11-20(19)15-25(24)27-7/h8-18H,1-7H3. The Morgan fingerprint density at radius 2 is 1.19 bits per heavy atom. The SMILES string of the molecule is COc1cc2ccccc2cc1-c1c(C(C)C)cc(C(C)C)cc1C(C)C. The third kappa shape index (κ3) is 3.74. The highest BCUT2D eigenvalue weighted by Gasteiger charge is 2.21. The Labute approximate surface area is 164 Å². The molecule has 3 aromatic rings. The maximum absolute atomic E-state index is 5.86. The van der Waals surface area contributed by atoms with E-state index in [4.69, 9.17) is 4.74 Å². The fourth-order valence-electron chi connectivity index (χ4n) is 3.85. The highest BCUT2D eigenvalue weighted by atomic mass is 16.5. The van der Waals surface area contributed by atoms with Crippen LogP contribution in [0, 0.1) is 0 Å². The van der Waals surface area contributed by atoms with Gasteiger partial charge in [-0.2, -0.15) is 0 Å². The fraction of sp³-hybridized carbons (Fsp3) is 0.385. The Morgan fingerprint density at radius 3 is 1.63 bits per heavy atom. The molecule has 0 aromatic heterocycles. The second kappa shape index (κ2) is 7.76. The number of methoxy groups -OCH3 is 1. The molecule has 0 saturated carbocycles. The summed E-state index contributed by atoms with van der Waals surface area (Å²) < 4.78 is 5.86. The van der Waals surface area contributed by atoms with Crippen LogP contribution < -0.4 is 4.74 Å². The minimum atomic E-state index is 0.451. The summed E-state index contributed by atoms with van der Waals surface area (Å²) in [5.74, 6) is 2.38. The van der Waals surface area contributed by atoms with Gasteiger partial charge >= 0.3 is 0 Å². The van der Waals surface area contributed by atoms with Gasteiger partial charge in [0.25, 0.3) is 0 Å². The molecule has 0 aliphatic carbocycles. The van der Waals surface area contributed by atoms with Crippen LogP contribution in [0.25, 0.3) is 21.9 Å². The van der Waals surface area contributed by atoms with Crippen molar-refractivity contribution >= 4 is 10.8 Å². The van der Waals surface area contributed by atoms with Gasteiger partial charge in [-0.1, -0.05) is 77.9 Å². The van der Waals surface area contributed by atoms with E-state index >= 15 is 0 Å². The van der Waals surface area contributed by atoms with Crippen molar-refractivity contribution in [2.45, 2.75) is 59.3 Å². The summed E-state index contributed by atoms with van der Waals surface area (Å²) in [6.45, 7) is 13.7. The summed E-state index contributed by atoms with van der Waals surface area (Å²) in [5, 5.41) is 2.47. The number of benzene rings is 3. The molecule has 0 aliphatic heterocycles. The maximum Gasteiger partial charge on any atom is 0.127 e. The molecule has 3 rings (SSSR count). The second-order valence-corrected chi connectivity index (χ2v) is 8.44. The predicted molar refractivity (Wildman–Crippen MR) is 118 cm³/mol. The molecule has 0 N–H and O–H groups in total. The molecule has 0 amide bonds. The van der Waals surface area contributed by atoms with E-state index in [1.165, 1.54) is 38.6 Å². The quantitative estimate of drug-likeness (QED) is 0.449. The molecule has 0 bridgehead atoms. The summed E-state index contributed by atoms with van der Waals surface area (Å²) in [7, 11) is 1.78. The summed E-state index contributed by atoms with van der Waals surface area (Å²) in [4.78, 5) is 0. The number of hydrogen-bond donors (Lipinski definition) is 0. The first kappa shape index (κ1) is 19.5. The van der Waals surface area contributed by atoms with Gasteiger partial charge in [0.1, 0.15) is 5.75 Å². The Morgan fingerprint density at radius 1 is 0.667 bits per heavy atom. The molecule has 1 heteroatoms. The summed E-state index contributed by atoms with van der Waals surface area (Å²) in [6, 6.07) is 17.8. The van der Waals surface area contributed by atoms with Crippen molar-refractivity contribution in [2.24, 2.45) is 0 Å². The Bertz CT molecular complexity index is 919. The van der Waals surface area contributed by atoms with Crippen LogP contribution in [0.5, 0.6) is 5.75 Å². The summed E-state index contributed by atoms with van der Waals surface area (Å²) in [6.07, 6.45) is 0. The molecule has 0 heterocycles. The van der Waals surface area contributed by atoms with Crippen LogP contribution in [0.3, 0.4) is 0 Å². The van der Waals surface area contributed by atoms with Crippen LogP contribution in [0.15, 0.2) is 48.5 Å². The summed E-state index contributed by atoms with van der Waals surface area (Å²) in [5.41, 5.74) is 6.81. The van der Waals surface area contributed by atoms with E-state index in [0.717, 1.165) is 5.75 Å². The van der Waals surface area contributed by atoms with Gasteiger partial charge in [-0.25, -0.2) is 0 Å². The highest BCUT2D eigenvalue weighted by Crippen LogP contribution is 2.43. The van der Waals surface area contributed by atoms with Crippen molar-refractivity contribution in [1.29, 1.82) is 0 Å². The molecular weight excluding hydrogens is 328 g/mol. The molecule has 0 aliphatic rings. The van der Waals surface area contributed by atoms with Crippen molar-refractivity contribution in [3.63, 3.8) is 0 Å². The zero-order valence-electron chi connectivity index (χ0n) is 17.8. The molecule has 0 atom stereocenters. The lowest BCUT2D eigenvalue weighted by Crippen LogP contribution is -2.04. The number of rotatable bonds is 5. The first-order valence-electron chi connectivity index (χ1n) is 10.1. The van der Waals surface area contributed by atoms with Crippen molar-refractivity contribution in [2.75, 3.05) is 7.11 Å². The molecule has 142 valence electrons. The van der Waals surface area contributed by atoms with Gasteiger partial charge in [0.15, 0.2) is 0 Å². The zero-order valence-corrected chi connectivity index (χ0v) is 17.8. The van der Waals surface area contributed by atoms with Crippen LogP contribution in [0.4, 0.5) is 0 Å². The van der Waals surface area contributed by atoms with E-state index in [0.29, 0.717) is 17.8 Å². The van der Waals surface area contributed by atoms with Crippen LogP contribution in [-0.2, 0) is 0 Å². The van der Waals surface area contributed by atoms with Crippen LogP contribution in [0.2, 0.25) is 0 Å². The van der Waals surface area contributed by atoms with E-state index in [-0.39, 0.29) is 0 Å².